The van der Waals surface area contributed by atoms with Gasteiger partial charge in [-0.05, 0) is 6.07 Å². The monoisotopic (exact) mass is 272 g/mol. The molecule has 0 saturated carbocycles. The number of carboxylic acids is 1. The number of anilines is 1. The minimum atomic E-state index is -2.85. The van der Waals surface area contributed by atoms with Gasteiger partial charge in [0.25, 0.3) is 12.1 Å². The Morgan fingerprint density at radius 2 is 2.11 bits per heavy atom. The number of benzene rings is 1. The summed E-state index contributed by atoms with van der Waals surface area (Å²) in [6.07, 6.45) is -2.85. The van der Waals surface area contributed by atoms with Crippen LogP contribution in [0.25, 0.3) is 0 Å². The molecule has 1 saturated heterocycles. The van der Waals surface area contributed by atoms with Crippen molar-refractivity contribution in [2.24, 2.45) is 5.92 Å². The molecule has 0 atom stereocenters. The molecule has 6 nitrogen and oxygen atoms in total. The Morgan fingerprint density at radius 1 is 1.47 bits per heavy atom. The molecule has 1 aromatic rings. The highest BCUT2D eigenvalue weighted by Crippen LogP contribution is 2.36. The number of halogens is 2. The number of rotatable bonds is 4. The smallest absolute Gasteiger partial charge is 0.310 e. The van der Waals surface area contributed by atoms with Crippen LogP contribution in [-0.4, -0.2) is 29.1 Å². The molecular formula is C11H10F2N2O4. The Morgan fingerprint density at radius 3 is 2.58 bits per heavy atom. The van der Waals surface area contributed by atoms with Crippen LogP contribution < -0.4 is 4.90 Å². The van der Waals surface area contributed by atoms with Crippen LogP contribution in [0, 0.1) is 16.0 Å². The molecule has 1 aromatic carbocycles. The number of nitrogens with zero attached hydrogens (tertiary/aromatic N) is 2. The van der Waals surface area contributed by atoms with E-state index in [9.17, 15) is 23.7 Å². The van der Waals surface area contributed by atoms with Gasteiger partial charge in [-0.1, -0.05) is 0 Å². The third-order valence-electron chi connectivity index (χ3n) is 3.03. The standard InChI is InChI=1S/C11H10F2N2O4/c12-10(13)8-3-7(15(18)19)1-2-9(8)14-4-6(5-14)11(16)17/h1-3,6,10H,4-5H2,(H,16,17). The van der Waals surface area contributed by atoms with Gasteiger partial charge in [0.2, 0.25) is 0 Å². The van der Waals surface area contributed by atoms with Gasteiger partial charge < -0.3 is 10.0 Å². The maximum atomic E-state index is 12.9. The highest BCUT2D eigenvalue weighted by Gasteiger charge is 2.35. The zero-order valence-electron chi connectivity index (χ0n) is 9.62. The molecule has 1 fully saturated rings. The SMILES string of the molecule is O=C(O)C1CN(c2ccc([N+](=O)[O-])cc2C(F)F)C1. The number of carboxylic acid groups (broad SMARTS) is 1. The van der Waals surface area contributed by atoms with E-state index in [2.05, 4.69) is 0 Å². The Balaban J connectivity index is 2.26. The van der Waals surface area contributed by atoms with Crippen molar-refractivity contribution in [3.63, 3.8) is 0 Å². The molecule has 0 amide bonds. The number of alkyl halides is 2. The summed E-state index contributed by atoms with van der Waals surface area (Å²) in [6, 6.07) is 3.20. The summed E-state index contributed by atoms with van der Waals surface area (Å²) >= 11 is 0. The second kappa shape index (κ2) is 4.79. The number of hydrogen-bond donors (Lipinski definition) is 1. The van der Waals surface area contributed by atoms with Crippen molar-refractivity contribution in [3.05, 3.63) is 33.9 Å². The molecule has 1 aliphatic rings. The quantitative estimate of drug-likeness (QED) is 0.670. The van der Waals surface area contributed by atoms with Gasteiger partial charge in [-0.2, -0.15) is 0 Å². The summed E-state index contributed by atoms with van der Waals surface area (Å²) in [6.45, 7) is 0.264. The number of hydrogen-bond acceptors (Lipinski definition) is 4. The molecule has 102 valence electrons. The summed E-state index contributed by atoms with van der Waals surface area (Å²) in [7, 11) is 0. The van der Waals surface area contributed by atoms with Crippen molar-refractivity contribution < 1.29 is 23.6 Å². The Bertz CT molecular complexity index is 529. The lowest BCUT2D eigenvalue weighted by Crippen LogP contribution is -2.50. The van der Waals surface area contributed by atoms with Gasteiger partial charge in [-0.25, -0.2) is 8.78 Å². The fourth-order valence-electron chi connectivity index (χ4n) is 1.95. The third kappa shape index (κ3) is 2.47. The summed E-state index contributed by atoms with van der Waals surface area (Å²) in [5.41, 5.74) is -0.703. The number of nitro groups is 1. The molecule has 0 spiro atoms. The number of carbonyl (C=O) groups is 1. The van der Waals surface area contributed by atoms with E-state index in [0.29, 0.717) is 0 Å². The Labute approximate surface area is 106 Å². The van der Waals surface area contributed by atoms with E-state index in [1.165, 1.54) is 11.0 Å². The highest BCUT2D eigenvalue weighted by atomic mass is 19.3. The normalized spacial score (nSPS) is 15.4. The second-order valence-electron chi connectivity index (χ2n) is 4.24. The maximum Gasteiger partial charge on any atom is 0.310 e. The van der Waals surface area contributed by atoms with Crippen molar-refractivity contribution in [1.29, 1.82) is 0 Å². The van der Waals surface area contributed by atoms with Gasteiger partial charge in [0, 0.05) is 36.5 Å². The molecule has 0 bridgehead atoms. The molecule has 2 rings (SSSR count). The maximum absolute atomic E-state index is 12.9. The van der Waals surface area contributed by atoms with Crippen LogP contribution >= 0.6 is 0 Å². The van der Waals surface area contributed by atoms with Gasteiger partial charge in [-0.15, -0.1) is 0 Å². The van der Waals surface area contributed by atoms with Crippen molar-refractivity contribution in [2.75, 3.05) is 18.0 Å². The summed E-state index contributed by atoms with van der Waals surface area (Å²) in [4.78, 5) is 21.9. The van der Waals surface area contributed by atoms with E-state index < -0.39 is 34.5 Å². The van der Waals surface area contributed by atoms with Crippen molar-refractivity contribution in [1.82, 2.24) is 0 Å². The van der Waals surface area contributed by atoms with Crippen LogP contribution in [0.15, 0.2) is 18.2 Å². The summed E-state index contributed by atoms with van der Waals surface area (Å²) < 4.78 is 25.8. The van der Waals surface area contributed by atoms with E-state index in [1.54, 1.807) is 0 Å². The topological polar surface area (TPSA) is 83.7 Å². The van der Waals surface area contributed by atoms with E-state index >= 15 is 0 Å². The van der Waals surface area contributed by atoms with Crippen LogP contribution in [0.1, 0.15) is 12.0 Å². The van der Waals surface area contributed by atoms with Gasteiger partial charge >= 0.3 is 5.97 Å². The number of nitro benzene ring substituents is 1. The lowest BCUT2D eigenvalue weighted by molar-refractivity contribution is -0.385. The average molecular weight is 272 g/mol. The first-order valence-electron chi connectivity index (χ1n) is 5.44. The van der Waals surface area contributed by atoms with E-state index in [0.717, 1.165) is 12.1 Å². The summed E-state index contributed by atoms with van der Waals surface area (Å²) in [5, 5.41) is 19.3. The average Bonchev–Trinajstić information content (AvgIpc) is 2.26. The van der Waals surface area contributed by atoms with Crippen LogP contribution in [0.5, 0.6) is 0 Å². The molecule has 0 aromatic heterocycles. The van der Waals surface area contributed by atoms with Gasteiger partial charge in [0.15, 0.2) is 0 Å². The molecule has 1 N–H and O–H groups in total. The predicted octanol–water partition coefficient (Wildman–Crippen LogP) is 2.05. The largest absolute Gasteiger partial charge is 0.481 e. The molecule has 1 aliphatic heterocycles. The third-order valence-corrected chi connectivity index (χ3v) is 3.03. The predicted molar refractivity (Wildman–Crippen MR) is 61.4 cm³/mol. The molecule has 0 unspecified atom stereocenters. The van der Waals surface area contributed by atoms with E-state index in [-0.39, 0.29) is 18.8 Å². The van der Waals surface area contributed by atoms with Crippen LogP contribution in [0.2, 0.25) is 0 Å². The lowest BCUT2D eigenvalue weighted by atomic mass is 9.98. The lowest BCUT2D eigenvalue weighted by Gasteiger charge is -2.39. The van der Waals surface area contributed by atoms with Crippen molar-refractivity contribution in [3.8, 4) is 0 Å². The van der Waals surface area contributed by atoms with Gasteiger partial charge in [0.05, 0.1) is 10.8 Å². The fourth-order valence-corrected chi connectivity index (χ4v) is 1.95. The van der Waals surface area contributed by atoms with Crippen LogP contribution in [-0.2, 0) is 4.79 Å². The van der Waals surface area contributed by atoms with E-state index in [4.69, 9.17) is 5.11 Å². The first kappa shape index (κ1) is 13.2. The van der Waals surface area contributed by atoms with Gasteiger partial charge in [0.1, 0.15) is 0 Å². The highest BCUT2D eigenvalue weighted by molar-refractivity contribution is 5.75. The first-order valence-corrected chi connectivity index (χ1v) is 5.44. The number of aliphatic carboxylic acids is 1. The molecule has 8 heteroatoms. The zero-order valence-corrected chi connectivity index (χ0v) is 9.62. The molecule has 0 aliphatic carbocycles. The Hall–Kier alpha value is -2.25. The molecule has 19 heavy (non-hydrogen) atoms. The first-order chi connectivity index (χ1) is 8.90. The van der Waals surface area contributed by atoms with Crippen molar-refractivity contribution >= 4 is 17.3 Å². The van der Waals surface area contributed by atoms with Crippen molar-refractivity contribution in [2.45, 2.75) is 6.43 Å². The minimum absolute atomic E-state index is 0.132. The summed E-state index contributed by atoms with van der Waals surface area (Å²) in [5.74, 6) is -1.56. The minimum Gasteiger partial charge on any atom is -0.481 e. The van der Waals surface area contributed by atoms with E-state index in [1.807, 2.05) is 0 Å². The van der Waals surface area contributed by atoms with Crippen LogP contribution in [0.3, 0.4) is 0 Å². The van der Waals surface area contributed by atoms with Crippen LogP contribution in [0.4, 0.5) is 20.2 Å². The zero-order chi connectivity index (χ0) is 14.2. The molecule has 0 radical (unpaired) electrons. The number of non-ortho nitro benzene ring substituents is 1. The molecular weight excluding hydrogens is 262 g/mol. The fraction of sp³-hybridized carbons (Fsp3) is 0.364. The second-order valence-corrected chi connectivity index (χ2v) is 4.24. The molecule has 1 heterocycles. The van der Waals surface area contributed by atoms with Gasteiger partial charge in [-0.3, -0.25) is 14.9 Å². The Kier molecular flexibility index (Phi) is 3.32.